The molecule has 1 aromatic heterocycles. The first-order valence-corrected chi connectivity index (χ1v) is 8.97. The second kappa shape index (κ2) is 14.0. The normalized spacial score (nSPS) is 9.63. The Morgan fingerprint density at radius 2 is 1.63 bits per heavy atom. The summed E-state index contributed by atoms with van der Waals surface area (Å²) in [6, 6.07) is 11.0. The first-order chi connectivity index (χ1) is 14.2. The summed E-state index contributed by atoms with van der Waals surface area (Å²) < 4.78 is 21.3. The van der Waals surface area contributed by atoms with Crippen LogP contribution in [0.4, 0.5) is 5.69 Å². The van der Waals surface area contributed by atoms with Crippen LogP contribution in [0, 0.1) is 12.3 Å². The quantitative estimate of drug-likeness (QED) is 0.332. The largest absolute Gasteiger partial charge is 0.487 e. The Morgan fingerprint density at radius 3 is 2.20 bits per heavy atom. The van der Waals surface area contributed by atoms with Crippen LogP contribution in [-0.4, -0.2) is 50.6 Å². The highest BCUT2D eigenvalue weighted by molar-refractivity contribution is 5.85. The molecule has 8 heteroatoms. The molecule has 0 saturated carbocycles. The predicted octanol–water partition coefficient (Wildman–Crippen LogP) is 3.35. The van der Waals surface area contributed by atoms with Gasteiger partial charge in [0.25, 0.3) is 0 Å². The van der Waals surface area contributed by atoms with Gasteiger partial charge in [0, 0.05) is 43.1 Å². The van der Waals surface area contributed by atoms with E-state index in [4.69, 9.17) is 31.1 Å². The summed E-state index contributed by atoms with van der Waals surface area (Å²) in [6.45, 7) is 1.93. The molecular formula is C22H26ClN3O4. The molecule has 2 aromatic carbocycles. The zero-order valence-electron chi connectivity index (χ0n) is 17.0. The summed E-state index contributed by atoms with van der Waals surface area (Å²) in [5.41, 5.74) is 7.79. The highest BCUT2D eigenvalue weighted by Crippen LogP contribution is 2.31. The lowest BCUT2D eigenvalue weighted by Gasteiger charge is -2.13. The minimum Gasteiger partial charge on any atom is -0.487 e. The fourth-order valence-corrected chi connectivity index (χ4v) is 2.31. The van der Waals surface area contributed by atoms with Crippen molar-refractivity contribution in [3.63, 3.8) is 0 Å². The maximum atomic E-state index is 5.67. The molecule has 0 unspecified atom stereocenters. The Morgan fingerprint density at radius 1 is 0.967 bits per heavy atom. The number of nitrogens with zero attached hydrogens (tertiary/aromatic N) is 2. The fourth-order valence-electron chi connectivity index (χ4n) is 2.31. The third-order valence-corrected chi connectivity index (χ3v) is 3.71. The van der Waals surface area contributed by atoms with Crippen LogP contribution >= 0.6 is 12.4 Å². The number of aromatic nitrogens is 2. The van der Waals surface area contributed by atoms with Crippen molar-refractivity contribution in [2.45, 2.75) is 0 Å². The molecule has 7 nitrogen and oxygen atoms in total. The number of fused-ring (bicyclic) bond motifs is 1. The number of nitrogens with two attached hydrogens (primary N) is 1. The lowest BCUT2D eigenvalue weighted by atomic mass is 10.2. The molecule has 0 aliphatic heterocycles. The zero-order chi connectivity index (χ0) is 20.9. The van der Waals surface area contributed by atoms with E-state index in [9.17, 15) is 0 Å². The Balaban J connectivity index is 0.000000379. The van der Waals surface area contributed by atoms with E-state index in [1.54, 1.807) is 32.5 Å². The van der Waals surface area contributed by atoms with Gasteiger partial charge in [-0.05, 0) is 24.3 Å². The number of terminal acetylenes is 1. The first kappa shape index (κ1) is 25.0. The van der Waals surface area contributed by atoms with Crippen molar-refractivity contribution in [1.29, 1.82) is 0 Å². The molecule has 0 amide bonds. The van der Waals surface area contributed by atoms with Crippen LogP contribution in [0.25, 0.3) is 10.9 Å². The van der Waals surface area contributed by atoms with Crippen molar-refractivity contribution in [2.24, 2.45) is 0 Å². The Bertz CT molecular complexity index is 899. The minimum absolute atomic E-state index is 0. The van der Waals surface area contributed by atoms with Crippen LogP contribution in [0.2, 0.25) is 0 Å². The molecule has 3 aromatic rings. The number of anilines is 1. The number of ether oxygens (including phenoxy) is 4. The Hall–Kier alpha value is -3.05. The highest BCUT2D eigenvalue weighted by atomic mass is 35.5. The average molecular weight is 432 g/mol. The van der Waals surface area contributed by atoms with Crippen molar-refractivity contribution >= 4 is 29.0 Å². The second-order valence-corrected chi connectivity index (χ2v) is 5.83. The van der Waals surface area contributed by atoms with E-state index in [2.05, 4.69) is 15.9 Å². The van der Waals surface area contributed by atoms with Crippen LogP contribution in [0.5, 0.6) is 11.5 Å². The third-order valence-electron chi connectivity index (χ3n) is 3.71. The van der Waals surface area contributed by atoms with Gasteiger partial charge in [-0.1, -0.05) is 12.0 Å². The highest BCUT2D eigenvalue weighted by Gasteiger charge is 2.09. The van der Waals surface area contributed by atoms with Gasteiger partial charge in [-0.15, -0.1) is 18.8 Å². The summed E-state index contributed by atoms with van der Waals surface area (Å²) in [5, 5.41) is 0.902. The molecular weight excluding hydrogens is 406 g/mol. The molecule has 0 aliphatic carbocycles. The SMILES string of the molecule is C#Cc1cccc(N)c1.COCCOc1cc2cncnc2cc1OCCOC.Cl. The number of methoxy groups -OCH3 is 2. The summed E-state index contributed by atoms with van der Waals surface area (Å²) >= 11 is 0. The number of hydrogen-bond acceptors (Lipinski definition) is 7. The van der Waals surface area contributed by atoms with Crippen LogP contribution in [0.1, 0.15) is 5.56 Å². The summed E-state index contributed by atoms with van der Waals surface area (Å²) in [6.07, 6.45) is 8.36. The van der Waals surface area contributed by atoms with Gasteiger partial charge in [-0.25, -0.2) is 9.97 Å². The Labute approximate surface area is 182 Å². The van der Waals surface area contributed by atoms with Crippen LogP contribution in [-0.2, 0) is 9.47 Å². The number of halogens is 1. The van der Waals surface area contributed by atoms with E-state index in [0.717, 1.165) is 16.5 Å². The summed E-state index contributed by atoms with van der Waals surface area (Å²) in [7, 11) is 3.26. The molecule has 0 spiro atoms. The molecule has 1 heterocycles. The maximum Gasteiger partial charge on any atom is 0.163 e. The van der Waals surface area contributed by atoms with Crippen molar-refractivity contribution in [3.8, 4) is 23.8 Å². The van der Waals surface area contributed by atoms with Gasteiger partial charge in [0.2, 0.25) is 0 Å². The van der Waals surface area contributed by atoms with E-state index >= 15 is 0 Å². The third kappa shape index (κ3) is 8.13. The molecule has 0 atom stereocenters. The number of hydrogen-bond donors (Lipinski definition) is 1. The van der Waals surface area contributed by atoms with E-state index in [-0.39, 0.29) is 12.4 Å². The molecule has 3 rings (SSSR count). The predicted molar refractivity (Wildman–Crippen MR) is 120 cm³/mol. The standard InChI is InChI=1S/C14H18N2O4.C8H7N.ClH/c1-17-3-5-19-13-7-11-9-15-10-16-12(11)8-14(13)20-6-4-18-2;1-2-7-4-3-5-8(9)6-7;/h7-10H,3-6H2,1-2H3;1,3-6H,9H2;1H. The lowest BCUT2D eigenvalue weighted by Crippen LogP contribution is -2.08. The lowest BCUT2D eigenvalue weighted by molar-refractivity contribution is 0.132. The summed E-state index contributed by atoms with van der Waals surface area (Å²) in [5.74, 6) is 3.78. The molecule has 0 saturated heterocycles. The molecule has 0 fully saturated rings. The number of rotatable bonds is 8. The van der Waals surface area contributed by atoms with Crippen molar-refractivity contribution < 1.29 is 18.9 Å². The van der Waals surface area contributed by atoms with Gasteiger partial charge in [0.1, 0.15) is 19.5 Å². The molecule has 0 aliphatic rings. The van der Waals surface area contributed by atoms with Gasteiger partial charge >= 0.3 is 0 Å². The van der Waals surface area contributed by atoms with Crippen molar-refractivity contribution in [1.82, 2.24) is 9.97 Å². The smallest absolute Gasteiger partial charge is 0.163 e. The van der Waals surface area contributed by atoms with Crippen LogP contribution < -0.4 is 15.2 Å². The van der Waals surface area contributed by atoms with E-state index < -0.39 is 0 Å². The van der Waals surface area contributed by atoms with Gasteiger partial charge in [-0.2, -0.15) is 0 Å². The monoisotopic (exact) mass is 431 g/mol. The van der Waals surface area contributed by atoms with Crippen molar-refractivity contribution in [2.75, 3.05) is 46.4 Å². The summed E-state index contributed by atoms with van der Waals surface area (Å²) in [4.78, 5) is 8.21. The number of benzene rings is 2. The average Bonchev–Trinajstić information content (AvgIpc) is 2.74. The second-order valence-electron chi connectivity index (χ2n) is 5.83. The van der Waals surface area contributed by atoms with Gasteiger partial charge in [-0.3, -0.25) is 0 Å². The van der Waals surface area contributed by atoms with Gasteiger partial charge < -0.3 is 24.7 Å². The molecule has 160 valence electrons. The molecule has 0 bridgehead atoms. The maximum absolute atomic E-state index is 5.67. The van der Waals surface area contributed by atoms with Crippen LogP contribution in [0.15, 0.2) is 48.9 Å². The van der Waals surface area contributed by atoms with Crippen LogP contribution in [0.3, 0.4) is 0 Å². The van der Waals surface area contributed by atoms with Gasteiger partial charge in [0.05, 0.1) is 18.7 Å². The zero-order valence-corrected chi connectivity index (χ0v) is 17.9. The minimum atomic E-state index is 0. The molecule has 30 heavy (non-hydrogen) atoms. The van der Waals surface area contributed by atoms with Crippen molar-refractivity contribution in [3.05, 3.63) is 54.5 Å². The molecule has 0 radical (unpaired) electrons. The Kier molecular flexibility index (Phi) is 11.7. The topological polar surface area (TPSA) is 88.7 Å². The fraction of sp³-hybridized carbons (Fsp3) is 0.273. The van der Waals surface area contributed by atoms with E-state index in [1.807, 2.05) is 24.3 Å². The number of nitrogen functional groups attached to an aromatic ring is 1. The molecule has 2 N–H and O–H groups in total. The first-order valence-electron chi connectivity index (χ1n) is 8.97. The van der Waals surface area contributed by atoms with E-state index in [0.29, 0.717) is 43.6 Å². The van der Waals surface area contributed by atoms with Gasteiger partial charge in [0.15, 0.2) is 11.5 Å². The van der Waals surface area contributed by atoms with E-state index in [1.165, 1.54) is 6.33 Å².